The van der Waals surface area contributed by atoms with E-state index in [1.165, 1.54) is 0 Å². The van der Waals surface area contributed by atoms with Gasteiger partial charge in [0.2, 0.25) is 0 Å². The number of hydrogen-bond acceptors (Lipinski definition) is 2. The van der Waals surface area contributed by atoms with Gasteiger partial charge in [-0.2, -0.15) is 0 Å². The van der Waals surface area contributed by atoms with Crippen LogP contribution < -0.4 is 0 Å². The van der Waals surface area contributed by atoms with E-state index in [2.05, 4.69) is 0 Å². The van der Waals surface area contributed by atoms with Gasteiger partial charge in [0, 0.05) is 21.2 Å². The Morgan fingerprint density at radius 1 is 1.10 bits per heavy atom. The largest absolute Gasteiger partial charge is 0.506 e. The van der Waals surface area contributed by atoms with Gasteiger partial charge in [-0.05, 0) is 24.6 Å². The van der Waals surface area contributed by atoms with Crippen LogP contribution in [0, 0.1) is 0 Å². The smallest absolute Gasteiger partial charge is 0.450 e. The molecule has 0 spiro atoms. The van der Waals surface area contributed by atoms with E-state index in [1.807, 2.05) is 18.2 Å². The van der Waals surface area contributed by atoms with Crippen LogP contribution in [0.4, 0.5) is 4.79 Å². The van der Waals surface area contributed by atoms with Crippen LogP contribution in [0.2, 0.25) is 10.0 Å². The van der Waals surface area contributed by atoms with Gasteiger partial charge in [0.1, 0.15) is 6.10 Å². The lowest BCUT2D eigenvalue weighted by Crippen LogP contribution is -2.07. The Labute approximate surface area is 126 Å². The van der Waals surface area contributed by atoms with Crippen molar-refractivity contribution in [3.63, 3.8) is 0 Å². The number of hydrogen-bond donors (Lipinski definition) is 1. The third kappa shape index (κ3) is 3.06. The molecule has 5 heteroatoms. The molecule has 1 atom stereocenters. The SMILES string of the molecule is CC(OC(=O)O)c1ccccc1-c1c(Cl)cccc1Cl. The molecule has 0 saturated heterocycles. The summed E-state index contributed by atoms with van der Waals surface area (Å²) in [4.78, 5) is 10.7. The fourth-order valence-corrected chi connectivity index (χ4v) is 2.65. The van der Waals surface area contributed by atoms with E-state index in [1.54, 1.807) is 31.2 Å². The highest BCUT2D eigenvalue weighted by atomic mass is 35.5. The van der Waals surface area contributed by atoms with E-state index >= 15 is 0 Å². The topological polar surface area (TPSA) is 46.5 Å². The van der Waals surface area contributed by atoms with Crippen molar-refractivity contribution in [3.8, 4) is 11.1 Å². The van der Waals surface area contributed by atoms with Crippen molar-refractivity contribution in [2.45, 2.75) is 13.0 Å². The number of carbonyl (C=O) groups is 1. The summed E-state index contributed by atoms with van der Waals surface area (Å²) in [6.45, 7) is 1.66. The molecule has 0 aromatic heterocycles. The second-order valence-corrected chi connectivity index (χ2v) is 5.02. The molecule has 3 nitrogen and oxygen atoms in total. The molecule has 1 N–H and O–H groups in total. The lowest BCUT2D eigenvalue weighted by atomic mass is 9.96. The molecule has 0 fully saturated rings. The van der Waals surface area contributed by atoms with E-state index in [0.29, 0.717) is 21.2 Å². The highest BCUT2D eigenvalue weighted by molar-refractivity contribution is 6.39. The van der Waals surface area contributed by atoms with E-state index in [-0.39, 0.29) is 0 Å². The van der Waals surface area contributed by atoms with Gasteiger partial charge in [-0.25, -0.2) is 4.79 Å². The van der Waals surface area contributed by atoms with Crippen molar-refractivity contribution in [3.05, 3.63) is 58.1 Å². The summed E-state index contributed by atoms with van der Waals surface area (Å²) in [7, 11) is 0. The first-order chi connectivity index (χ1) is 9.50. The maximum Gasteiger partial charge on any atom is 0.506 e. The summed E-state index contributed by atoms with van der Waals surface area (Å²) in [6, 6.07) is 12.5. The molecule has 1 unspecified atom stereocenters. The fourth-order valence-electron chi connectivity index (χ4n) is 2.05. The van der Waals surface area contributed by atoms with Crippen molar-refractivity contribution in [2.75, 3.05) is 0 Å². The number of rotatable bonds is 3. The molecule has 20 heavy (non-hydrogen) atoms. The predicted octanol–water partition coefficient (Wildman–Crippen LogP) is 5.42. The quantitative estimate of drug-likeness (QED) is 0.770. The molecule has 104 valence electrons. The lowest BCUT2D eigenvalue weighted by molar-refractivity contribution is 0.0589. The minimum Gasteiger partial charge on any atom is -0.450 e. The normalized spacial score (nSPS) is 11.9. The third-order valence-corrected chi connectivity index (χ3v) is 3.54. The molecular weight excluding hydrogens is 299 g/mol. The van der Waals surface area contributed by atoms with Gasteiger partial charge in [-0.3, -0.25) is 0 Å². The van der Waals surface area contributed by atoms with E-state index in [0.717, 1.165) is 5.56 Å². The molecule has 2 aromatic carbocycles. The summed E-state index contributed by atoms with van der Waals surface area (Å²) < 4.78 is 4.81. The summed E-state index contributed by atoms with van der Waals surface area (Å²) >= 11 is 12.4. The third-order valence-electron chi connectivity index (χ3n) is 2.91. The molecular formula is C15H12Cl2O3. The van der Waals surface area contributed by atoms with Crippen LogP contribution in [0.15, 0.2) is 42.5 Å². The monoisotopic (exact) mass is 310 g/mol. The van der Waals surface area contributed by atoms with Gasteiger partial charge in [-0.15, -0.1) is 0 Å². The predicted molar refractivity (Wildman–Crippen MR) is 79.4 cm³/mol. The highest BCUT2D eigenvalue weighted by Crippen LogP contribution is 2.38. The Kier molecular flexibility index (Phi) is 4.53. The fraction of sp³-hybridized carbons (Fsp3) is 0.133. The highest BCUT2D eigenvalue weighted by Gasteiger charge is 2.18. The molecule has 0 radical (unpaired) electrons. The molecule has 0 aliphatic carbocycles. The zero-order valence-electron chi connectivity index (χ0n) is 10.6. The molecule has 0 aliphatic heterocycles. The molecule has 0 heterocycles. The van der Waals surface area contributed by atoms with E-state index in [4.69, 9.17) is 33.0 Å². The van der Waals surface area contributed by atoms with Gasteiger partial charge in [0.15, 0.2) is 0 Å². The van der Waals surface area contributed by atoms with Crippen molar-refractivity contribution in [1.29, 1.82) is 0 Å². The average molecular weight is 311 g/mol. The first-order valence-corrected chi connectivity index (χ1v) is 6.69. The zero-order chi connectivity index (χ0) is 14.7. The Balaban J connectivity index is 2.55. The van der Waals surface area contributed by atoms with Crippen molar-refractivity contribution >= 4 is 29.4 Å². The summed E-state index contributed by atoms with van der Waals surface area (Å²) in [5, 5.41) is 9.76. The Bertz CT molecular complexity index is 621. The average Bonchev–Trinajstić information content (AvgIpc) is 2.38. The number of benzene rings is 2. The Hall–Kier alpha value is -1.71. The van der Waals surface area contributed by atoms with Crippen LogP contribution in [0.3, 0.4) is 0 Å². The lowest BCUT2D eigenvalue weighted by Gasteiger charge is -2.17. The minimum absolute atomic E-state index is 0.507. The second-order valence-electron chi connectivity index (χ2n) is 4.21. The van der Waals surface area contributed by atoms with Gasteiger partial charge in [0.25, 0.3) is 0 Å². The van der Waals surface area contributed by atoms with E-state index in [9.17, 15) is 4.79 Å². The van der Waals surface area contributed by atoms with Crippen LogP contribution in [0.25, 0.3) is 11.1 Å². The van der Waals surface area contributed by atoms with Crippen molar-refractivity contribution in [2.24, 2.45) is 0 Å². The second kappa shape index (κ2) is 6.16. The summed E-state index contributed by atoms with van der Waals surface area (Å²) in [6.07, 6.45) is -1.94. The number of carboxylic acid groups (broad SMARTS) is 1. The van der Waals surface area contributed by atoms with Gasteiger partial charge in [-0.1, -0.05) is 53.5 Å². The number of halogens is 2. The van der Waals surface area contributed by atoms with Crippen LogP contribution in [0.5, 0.6) is 0 Å². The molecule has 0 saturated carbocycles. The van der Waals surface area contributed by atoms with Gasteiger partial charge >= 0.3 is 6.16 Å². The molecule has 0 amide bonds. The summed E-state index contributed by atoms with van der Waals surface area (Å²) in [5.41, 5.74) is 2.15. The van der Waals surface area contributed by atoms with Gasteiger partial charge in [0.05, 0.1) is 0 Å². The standard InChI is InChI=1S/C15H12Cl2O3/c1-9(20-15(18)19)10-5-2-3-6-11(10)14-12(16)7-4-8-13(14)17/h2-9H,1H3,(H,18,19). The molecule has 0 aliphatic rings. The molecule has 2 aromatic rings. The van der Waals surface area contributed by atoms with Crippen molar-refractivity contribution in [1.82, 2.24) is 0 Å². The maximum absolute atomic E-state index is 10.7. The van der Waals surface area contributed by atoms with Crippen molar-refractivity contribution < 1.29 is 14.6 Å². The molecule has 2 rings (SSSR count). The zero-order valence-corrected chi connectivity index (χ0v) is 12.2. The van der Waals surface area contributed by atoms with Crippen LogP contribution in [0.1, 0.15) is 18.6 Å². The Morgan fingerprint density at radius 2 is 1.70 bits per heavy atom. The van der Waals surface area contributed by atoms with Crippen LogP contribution in [-0.2, 0) is 4.74 Å². The maximum atomic E-state index is 10.7. The van der Waals surface area contributed by atoms with Gasteiger partial charge < -0.3 is 9.84 Å². The minimum atomic E-state index is -1.32. The molecule has 0 bridgehead atoms. The van der Waals surface area contributed by atoms with Crippen LogP contribution in [-0.4, -0.2) is 11.3 Å². The Morgan fingerprint density at radius 3 is 2.30 bits per heavy atom. The first kappa shape index (κ1) is 14.7. The summed E-state index contributed by atoms with van der Waals surface area (Å²) in [5.74, 6) is 0. The van der Waals surface area contributed by atoms with E-state index < -0.39 is 12.3 Å². The first-order valence-electron chi connectivity index (χ1n) is 5.93. The number of ether oxygens (including phenoxy) is 1. The van der Waals surface area contributed by atoms with Crippen LogP contribution >= 0.6 is 23.2 Å².